The van der Waals surface area contributed by atoms with E-state index in [2.05, 4.69) is 42.7 Å². The van der Waals surface area contributed by atoms with E-state index in [1.807, 2.05) is 0 Å². The van der Waals surface area contributed by atoms with E-state index in [1.165, 1.54) is 51.4 Å². The van der Waals surface area contributed by atoms with Gasteiger partial charge in [-0.25, -0.2) is 4.57 Å². The maximum atomic E-state index is 12.3. The topological polar surface area (TPSA) is 119 Å². The maximum Gasteiger partial charge on any atom is 0.469 e. The summed E-state index contributed by atoms with van der Waals surface area (Å²) in [7, 11) is -4.74. The van der Waals surface area contributed by atoms with Crippen LogP contribution in [0, 0.1) is 0 Å². The zero-order valence-corrected chi connectivity index (χ0v) is 27.5. The molecule has 0 saturated heterocycles. The molecule has 0 aliphatic heterocycles. The number of ether oxygens (including phenoxy) is 2. The normalized spacial score (nSPS) is 12.8. The average Bonchev–Trinajstić information content (AvgIpc) is 2.95. The summed E-state index contributed by atoms with van der Waals surface area (Å²) in [6, 6.07) is 0. The molecule has 246 valence electrons. The smallest absolute Gasteiger partial charge is 0.462 e. The molecular weight excluding hydrogens is 555 g/mol. The van der Waals surface area contributed by atoms with Gasteiger partial charge < -0.3 is 19.3 Å². The van der Waals surface area contributed by atoms with E-state index in [1.54, 1.807) is 0 Å². The Kier molecular flexibility index (Phi) is 28.6. The molecule has 0 bridgehead atoms. The summed E-state index contributed by atoms with van der Waals surface area (Å²) in [5.74, 6) is -0.917. The average molecular weight is 617 g/mol. The summed E-state index contributed by atoms with van der Waals surface area (Å²) in [6.45, 7) is 3.58. The second-order valence-corrected chi connectivity index (χ2v) is 12.4. The highest BCUT2D eigenvalue weighted by molar-refractivity contribution is 7.46. The number of allylic oxidation sites excluding steroid dienone is 4. The molecular formula is C33H61O8P. The van der Waals surface area contributed by atoms with Crippen LogP contribution in [0.25, 0.3) is 0 Å². The van der Waals surface area contributed by atoms with Crippen molar-refractivity contribution < 1.29 is 37.9 Å². The lowest BCUT2D eigenvalue weighted by Gasteiger charge is -2.18. The molecule has 0 heterocycles. The van der Waals surface area contributed by atoms with Crippen LogP contribution in [0.3, 0.4) is 0 Å². The molecule has 9 heteroatoms. The predicted molar refractivity (Wildman–Crippen MR) is 170 cm³/mol. The van der Waals surface area contributed by atoms with Crippen molar-refractivity contribution in [3.05, 3.63) is 24.3 Å². The molecule has 0 fully saturated rings. The van der Waals surface area contributed by atoms with Crippen molar-refractivity contribution in [3.63, 3.8) is 0 Å². The number of hydrogen-bond donors (Lipinski definition) is 2. The number of hydrogen-bond acceptors (Lipinski definition) is 6. The number of rotatable bonds is 30. The monoisotopic (exact) mass is 616 g/mol. The van der Waals surface area contributed by atoms with Crippen LogP contribution in [0.2, 0.25) is 0 Å². The van der Waals surface area contributed by atoms with Crippen molar-refractivity contribution in [2.75, 3.05) is 13.2 Å². The van der Waals surface area contributed by atoms with E-state index in [4.69, 9.17) is 19.3 Å². The van der Waals surface area contributed by atoms with Gasteiger partial charge in [0, 0.05) is 12.8 Å². The number of carbonyl (C=O) groups excluding carboxylic acids is 2. The van der Waals surface area contributed by atoms with Crippen molar-refractivity contribution in [1.29, 1.82) is 0 Å². The van der Waals surface area contributed by atoms with Gasteiger partial charge in [-0.2, -0.15) is 0 Å². The Morgan fingerprint density at radius 1 is 0.595 bits per heavy atom. The van der Waals surface area contributed by atoms with Crippen LogP contribution < -0.4 is 0 Å². The summed E-state index contributed by atoms with van der Waals surface area (Å²) in [5, 5.41) is 0. The number of phosphoric ester groups is 1. The molecule has 0 aliphatic rings. The van der Waals surface area contributed by atoms with Crippen molar-refractivity contribution in [1.82, 2.24) is 0 Å². The number of carbonyl (C=O) groups is 2. The van der Waals surface area contributed by atoms with E-state index in [0.717, 1.165) is 64.2 Å². The van der Waals surface area contributed by atoms with Crippen molar-refractivity contribution in [2.45, 2.75) is 161 Å². The van der Waals surface area contributed by atoms with E-state index < -0.39 is 32.5 Å². The van der Waals surface area contributed by atoms with Crippen LogP contribution in [0.1, 0.15) is 155 Å². The molecule has 0 rings (SSSR count). The number of phosphoric acid groups is 1. The van der Waals surface area contributed by atoms with Crippen molar-refractivity contribution in [3.8, 4) is 0 Å². The van der Waals surface area contributed by atoms with Gasteiger partial charge in [-0.15, -0.1) is 0 Å². The Morgan fingerprint density at radius 2 is 1.02 bits per heavy atom. The third-order valence-corrected chi connectivity index (χ3v) is 7.43. The quantitative estimate of drug-likeness (QED) is 0.0355. The van der Waals surface area contributed by atoms with E-state index in [-0.39, 0.29) is 19.4 Å². The standard InChI is InChI=1S/C33H61O8P/c1-3-5-7-9-11-13-15-16-18-19-21-23-25-27-32(34)39-29-31(30-40-42(36,37)38)41-33(35)28-26-24-22-20-17-14-12-10-8-6-4-2/h10,12,16,18,31H,3-9,11,13-15,17,19-30H2,1-2H3,(H2,36,37,38)/b12-10+,18-16+/t31-/m1/s1. The molecule has 0 unspecified atom stereocenters. The van der Waals surface area contributed by atoms with Crippen LogP contribution in [0.4, 0.5) is 0 Å². The lowest BCUT2D eigenvalue weighted by atomic mass is 10.1. The lowest BCUT2D eigenvalue weighted by molar-refractivity contribution is -0.161. The highest BCUT2D eigenvalue weighted by Gasteiger charge is 2.22. The number of esters is 2. The van der Waals surface area contributed by atoms with E-state index in [0.29, 0.717) is 12.8 Å². The summed E-state index contributed by atoms with van der Waals surface area (Å²) < 4.78 is 26.1. The molecule has 2 N–H and O–H groups in total. The molecule has 1 atom stereocenters. The second-order valence-electron chi connectivity index (χ2n) is 11.1. The van der Waals surface area contributed by atoms with Gasteiger partial charge in [0.25, 0.3) is 0 Å². The molecule has 0 radical (unpaired) electrons. The minimum Gasteiger partial charge on any atom is -0.462 e. The second kappa shape index (κ2) is 29.6. The molecule has 0 amide bonds. The Labute approximate surface area is 256 Å². The fourth-order valence-corrected chi connectivity index (χ4v) is 4.77. The fourth-order valence-electron chi connectivity index (χ4n) is 4.41. The Morgan fingerprint density at radius 3 is 1.55 bits per heavy atom. The largest absolute Gasteiger partial charge is 0.469 e. The lowest BCUT2D eigenvalue weighted by Crippen LogP contribution is -2.29. The van der Waals surface area contributed by atoms with Gasteiger partial charge in [-0.1, -0.05) is 109 Å². The number of unbranched alkanes of at least 4 members (excludes halogenated alkanes) is 16. The summed E-state index contributed by atoms with van der Waals surface area (Å²) in [6.07, 6.45) is 30.5. The van der Waals surface area contributed by atoms with Gasteiger partial charge in [-0.05, 0) is 57.8 Å². The first kappa shape index (κ1) is 40.5. The van der Waals surface area contributed by atoms with Crippen LogP contribution in [-0.4, -0.2) is 41.0 Å². The fraction of sp³-hybridized carbons (Fsp3) is 0.818. The molecule has 0 aromatic carbocycles. The Bertz CT molecular complexity index is 746. The minimum absolute atomic E-state index is 0.199. The highest BCUT2D eigenvalue weighted by atomic mass is 31.2. The van der Waals surface area contributed by atoms with Crippen LogP contribution in [-0.2, 0) is 28.2 Å². The predicted octanol–water partition coefficient (Wildman–Crippen LogP) is 9.29. The summed E-state index contributed by atoms with van der Waals surface area (Å²) >= 11 is 0. The SMILES string of the molecule is CCCC/C=C/CCCCCCCC(=O)O[C@H](COC(=O)CCCCC/C=C/CCCCCCCC)COP(=O)(O)O. The van der Waals surface area contributed by atoms with Crippen LogP contribution >= 0.6 is 7.82 Å². The highest BCUT2D eigenvalue weighted by Crippen LogP contribution is 2.35. The van der Waals surface area contributed by atoms with Crippen LogP contribution in [0.5, 0.6) is 0 Å². The maximum absolute atomic E-state index is 12.3. The van der Waals surface area contributed by atoms with E-state index >= 15 is 0 Å². The zero-order valence-electron chi connectivity index (χ0n) is 26.6. The minimum atomic E-state index is -4.74. The molecule has 0 saturated carbocycles. The molecule has 42 heavy (non-hydrogen) atoms. The van der Waals surface area contributed by atoms with E-state index in [9.17, 15) is 14.2 Å². The summed E-state index contributed by atoms with van der Waals surface area (Å²) in [5.41, 5.74) is 0. The third kappa shape index (κ3) is 31.5. The van der Waals surface area contributed by atoms with Gasteiger partial charge in [0.2, 0.25) is 0 Å². The third-order valence-electron chi connectivity index (χ3n) is 6.94. The van der Waals surface area contributed by atoms with Gasteiger partial charge in [0.1, 0.15) is 6.61 Å². The Hall–Kier alpha value is -1.47. The first-order valence-electron chi connectivity index (χ1n) is 16.6. The van der Waals surface area contributed by atoms with Crippen molar-refractivity contribution >= 4 is 19.8 Å². The summed E-state index contributed by atoms with van der Waals surface area (Å²) in [4.78, 5) is 42.4. The van der Waals surface area contributed by atoms with Crippen LogP contribution in [0.15, 0.2) is 24.3 Å². The molecule has 8 nitrogen and oxygen atoms in total. The molecule has 0 aliphatic carbocycles. The van der Waals surface area contributed by atoms with Gasteiger partial charge in [-0.3, -0.25) is 14.1 Å². The molecule has 0 spiro atoms. The molecule has 0 aromatic rings. The Balaban J connectivity index is 4.06. The molecule has 0 aromatic heterocycles. The van der Waals surface area contributed by atoms with Gasteiger partial charge in [0.05, 0.1) is 6.61 Å². The van der Waals surface area contributed by atoms with Gasteiger partial charge >= 0.3 is 19.8 Å². The van der Waals surface area contributed by atoms with Crippen molar-refractivity contribution in [2.24, 2.45) is 0 Å². The van der Waals surface area contributed by atoms with Gasteiger partial charge in [0.15, 0.2) is 6.10 Å². The first-order valence-corrected chi connectivity index (χ1v) is 18.2. The first-order chi connectivity index (χ1) is 20.3. The zero-order chi connectivity index (χ0) is 31.2.